The number of rotatable bonds is 5. The number of amides is 1. The lowest BCUT2D eigenvalue weighted by molar-refractivity contribution is 0.102. The van der Waals surface area contributed by atoms with Crippen molar-refractivity contribution >= 4 is 33.1 Å². The first kappa shape index (κ1) is 20.9. The number of fused-ring (bicyclic) bond motifs is 1. The van der Waals surface area contributed by atoms with Crippen LogP contribution in [0.1, 0.15) is 21.6 Å². The number of hydrogen-bond donors (Lipinski definition) is 1. The maximum absolute atomic E-state index is 13.0. The second-order valence-corrected chi connectivity index (χ2v) is 8.69. The molecular weight excluding hydrogens is 434 g/mol. The van der Waals surface area contributed by atoms with Crippen LogP contribution in [-0.2, 0) is 0 Å². The molecule has 0 atom stereocenters. The molecule has 33 heavy (non-hydrogen) atoms. The monoisotopic (exact) mass is 455 g/mol. The third-order valence-electron chi connectivity index (χ3n) is 5.38. The van der Waals surface area contributed by atoms with Gasteiger partial charge < -0.3 is 14.6 Å². The summed E-state index contributed by atoms with van der Waals surface area (Å²) in [4.78, 5) is 19.3. The number of ether oxygens (including phenoxy) is 1. The maximum Gasteiger partial charge on any atom is 0.255 e. The molecule has 5 aromatic rings. The molecule has 7 heteroatoms. The summed E-state index contributed by atoms with van der Waals surface area (Å²) in [5.74, 6) is 1.16. The number of pyridine rings is 1. The molecule has 3 heterocycles. The molecule has 0 saturated carbocycles. The van der Waals surface area contributed by atoms with Crippen molar-refractivity contribution in [2.45, 2.75) is 13.8 Å². The van der Waals surface area contributed by atoms with Gasteiger partial charge in [0.1, 0.15) is 16.3 Å². The van der Waals surface area contributed by atoms with Gasteiger partial charge in [0.2, 0.25) is 0 Å². The predicted octanol–water partition coefficient (Wildman–Crippen LogP) is 6.50. The molecule has 1 N–H and O–H groups in total. The summed E-state index contributed by atoms with van der Waals surface area (Å²) in [6, 6.07) is 20.7. The Labute approximate surface area is 194 Å². The minimum atomic E-state index is -0.189. The van der Waals surface area contributed by atoms with E-state index in [4.69, 9.17) is 14.2 Å². The van der Waals surface area contributed by atoms with Gasteiger partial charge in [-0.1, -0.05) is 23.4 Å². The second kappa shape index (κ2) is 8.52. The van der Waals surface area contributed by atoms with Gasteiger partial charge in [-0.2, -0.15) is 0 Å². The van der Waals surface area contributed by atoms with Crippen LogP contribution in [0, 0.1) is 13.8 Å². The zero-order chi connectivity index (χ0) is 22.9. The molecule has 0 unspecified atom stereocenters. The van der Waals surface area contributed by atoms with E-state index in [-0.39, 0.29) is 5.91 Å². The number of benzene rings is 2. The van der Waals surface area contributed by atoms with Gasteiger partial charge in [0, 0.05) is 28.3 Å². The van der Waals surface area contributed by atoms with Crippen molar-refractivity contribution in [1.82, 2.24) is 10.1 Å². The Bertz CT molecular complexity index is 1450. The lowest BCUT2D eigenvalue weighted by Gasteiger charge is -2.08. The SMILES string of the molecule is COc1ccc(-c2cc(-c3sc4nc(C)cc(C)c4c3NC(=O)c3ccccc3)on2)cc1. The third-order valence-corrected chi connectivity index (χ3v) is 6.48. The van der Waals surface area contributed by atoms with Crippen LogP contribution in [0.5, 0.6) is 5.75 Å². The maximum atomic E-state index is 13.0. The van der Waals surface area contributed by atoms with Crippen molar-refractivity contribution in [1.29, 1.82) is 0 Å². The highest BCUT2D eigenvalue weighted by Gasteiger charge is 2.22. The van der Waals surface area contributed by atoms with E-state index >= 15 is 0 Å². The molecule has 0 saturated heterocycles. The number of carbonyl (C=O) groups is 1. The number of methoxy groups -OCH3 is 1. The summed E-state index contributed by atoms with van der Waals surface area (Å²) in [6.45, 7) is 3.99. The van der Waals surface area contributed by atoms with Crippen molar-refractivity contribution in [3.8, 4) is 27.6 Å². The molecule has 164 valence electrons. The van der Waals surface area contributed by atoms with E-state index in [9.17, 15) is 4.79 Å². The highest BCUT2D eigenvalue weighted by molar-refractivity contribution is 7.22. The average molecular weight is 456 g/mol. The zero-order valence-corrected chi connectivity index (χ0v) is 19.2. The molecule has 6 nitrogen and oxygen atoms in total. The molecule has 0 aliphatic carbocycles. The van der Waals surface area contributed by atoms with Crippen LogP contribution >= 0.6 is 11.3 Å². The van der Waals surface area contributed by atoms with Crippen molar-refractivity contribution in [2.75, 3.05) is 12.4 Å². The van der Waals surface area contributed by atoms with Gasteiger partial charge in [-0.3, -0.25) is 4.79 Å². The van der Waals surface area contributed by atoms with Gasteiger partial charge in [-0.15, -0.1) is 11.3 Å². The topological polar surface area (TPSA) is 77.2 Å². The molecule has 2 aromatic carbocycles. The number of aromatic nitrogens is 2. The number of nitrogens with zero attached hydrogens (tertiary/aromatic N) is 2. The molecule has 0 spiro atoms. The number of aryl methyl sites for hydroxylation is 2. The molecule has 0 aliphatic rings. The largest absolute Gasteiger partial charge is 0.497 e. The number of anilines is 1. The van der Waals surface area contributed by atoms with Gasteiger partial charge in [-0.25, -0.2) is 4.98 Å². The second-order valence-electron chi connectivity index (χ2n) is 7.69. The molecule has 0 fully saturated rings. The van der Waals surface area contributed by atoms with Crippen molar-refractivity contribution in [3.63, 3.8) is 0 Å². The van der Waals surface area contributed by atoms with Crippen molar-refractivity contribution in [3.05, 3.63) is 83.6 Å². The number of hydrogen-bond acceptors (Lipinski definition) is 6. The van der Waals surface area contributed by atoms with E-state index in [1.54, 1.807) is 19.2 Å². The summed E-state index contributed by atoms with van der Waals surface area (Å²) < 4.78 is 11.0. The summed E-state index contributed by atoms with van der Waals surface area (Å²) in [5, 5.41) is 8.27. The normalized spacial score (nSPS) is 11.0. The average Bonchev–Trinajstić information content (AvgIpc) is 3.45. The minimum absolute atomic E-state index is 0.189. The van der Waals surface area contributed by atoms with Crippen LogP contribution in [0.4, 0.5) is 5.69 Å². The molecule has 5 rings (SSSR count). The first-order chi connectivity index (χ1) is 16.0. The van der Waals surface area contributed by atoms with Gasteiger partial charge in [0.25, 0.3) is 5.91 Å². The van der Waals surface area contributed by atoms with E-state index in [1.165, 1.54) is 11.3 Å². The predicted molar refractivity (Wildman–Crippen MR) is 131 cm³/mol. The van der Waals surface area contributed by atoms with Crippen molar-refractivity contribution in [2.24, 2.45) is 0 Å². The Morgan fingerprint density at radius 1 is 1.03 bits per heavy atom. The third kappa shape index (κ3) is 3.99. The Morgan fingerprint density at radius 2 is 1.79 bits per heavy atom. The minimum Gasteiger partial charge on any atom is -0.497 e. The standard InChI is InChI=1S/C26H21N3O3S/c1-15-13-16(2)27-26-22(15)23(28-25(30)18-7-5-4-6-8-18)24(33-26)21-14-20(29-32-21)17-9-11-19(31-3)12-10-17/h4-14H,1-3H3,(H,28,30). The molecule has 1 amide bonds. The lowest BCUT2D eigenvalue weighted by Crippen LogP contribution is -2.12. The fraction of sp³-hybridized carbons (Fsp3) is 0.115. The number of carbonyl (C=O) groups excluding carboxylic acids is 1. The summed E-state index contributed by atoms with van der Waals surface area (Å²) in [5.41, 5.74) is 4.84. The number of thiophene rings is 1. The number of nitrogens with one attached hydrogen (secondary N) is 1. The van der Waals surface area contributed by atoms with E-state index < -0.39 is 0 Å². The van der Waals surface area contributed by atoms with Crippen LogP contribution in [0.15, 0.2) is 71.3 Å². The highest BCUT2D eigenvalue weighted by Crippen LogP contribution is 2.44. The summed E-state index contributed by atoms with van der Waals surface area (Å²) in [6.07, 6.45) is 0. The fourth-order valence-electron chi connectivity index (χ4n) is 3.79. The molecule has 3 aromatic heterocycles. The van der Waals surface area contributed by atoms with Crippen LogP contribution in [0.2, 0.25) is 0 Å². The first-order valence-corrected chi connectivity index (χ1v) is 11.2. The zero-order valence-electron chi connectivity index (χ0n) is 18.4. The molecular formula is C26H21N3O3S. The van der Waals surface area contributed by atoms with Crippen LogP contribution in [0.25, 0.3) is 32.1 Å². The summed E-state index contributed by atoms with van der Waals surface area (Å²) in [7, 11) is 1.63. The smallest absolute Gasteiger partial charge is 0.255 e. The Hall–Kier alpha value is -3.97. The summed E-state index contributed by atoms with van der Waals surface area (Å²) >= 11 is 1.48. The van der Waals surface area contributed by atoms with Crippen molar-refractivity contribution < 1.29 is 14.1 Å². The van der Waals surface area contributed by atoms with E-state index in [0.717, 1.165) is 37.7 Å². The molecule has 0 bridgehead atoms. The molecule has 0 radical (unpaired) electrons. The Morgan fingerprint density at radius 3 is 2.52 bits per heavy atom. The van der Waals surface area contributed by atoms with E-state index in [1.807, 2.05) is 68.4 Å². The Balaban J connectivity index is 1.60. The van der Waals surface area contributed by atoms with Gasteiger partial charge >= 0.3 is 0 Å². The Kier molecular flexibility index (Phi) is 5.40. The molecule has 0 aliphatic heterocycles. The van der Waals surface area contributed by atoms with Crippen LogP contribution < -0.4 is 10.1 Å². The van der Waals surface area contributed by atoms with E-state index in [2.05, 4.69) is 10.5 Å². The van der Waals surface area contributed by atoms with Crippen LogP contribution in [-0.4, -0.2) is 23.2 Å². The highest BCUT2D eigenvalue weighted by atomic mass is 32.1. The van der Waals surface area contributed by atoms with Gasteiger partial charge in [0.15, 0.2) is 5.76 Å². The quantitative estimate of drug-likeness (QED) is 0.327. The van der Waals surface area contributed by atoms with Gasteiger partial charge in [0.05, 0.1) is 17.7 Å². The van der Waals surface area contributed by atoms with E-state index in [0.29, 0.717) is 22.7 Å². The van der Waals surface area contributed by atoms with Gasteiger partial charge in [-0.05, 0) is 61.9 Å². The fourth-order valence-corrected chi connectivity index (χ4v) is 4.99. The van der Waals surface area contributed by atoms with Crippen LogP contribution in [0.3, 0.4) is 0 Å². The first-order valence-electron chi connectivity index (χ1n) is 10.4. The lowest BCUT2D eigenvalue weighted by atomic mass is 10.1.